The average molecular weight is 258 g/mol. The van der Waals surface area contributed by atoms with Gasteiger partial charge in [0.2, 0.25) is 11.8 Å². The van der Waals surface area contributed by atoms with E-state index in [-0.39, 0.29) is 11.8 Å². The van der Waals surface area contributed by atoms with Crippen LogP contribution in [0.2, 0.25) is 0 Å². The predicted octanol–water partition coefficient (Wildman–Crippen LogP) is 1.26. The van der Waals surface area contributed by atoms with E-state index in [2.05, 4.69) is 5.32 Å². The van der Waals surface area contributed by atoms with Gasteiger partial charge in [-0.2, -0.15) is 11.8 Å². The molecule has 0 saturated carbocycles. The van der Waals surface area contributed by atoms with Crippen molar-refractivity contribution in [2.24, 2.45) is 0 Å². The van der Waals surface area contributed by atoms with Crippen molar-refractivity contribution in [1.82, 2.24) is 10.2 Å². The Morgan fingerprint density at radius 1 is 1.35 bits per heavy atom. The maximum absolute atomic E-state index is 12.2. The number of hydrogen-bond acceptors (Lipinski definition) is 3. The molecule has 1 saturated heterocycles. The minimum Gasteiger partial charge on any atom is -0.343 e. The van der Waals surface area contributed by atoms with Gasteiger partial charge in [-0.25, -0.2) is 0 Å². The molecule has 1 N–H and O–H groups in total. The summed E-state index contributed by atoms with van der Waals surface area (Å²) < 4.78 is 0. The lowest BCUT2D eigenvalue weighted by atomic mass is 9.86. The van der Waals surface area contributed by atoms with Crippen LogP contribution in [0.3, 0.4) is 0 Å². The third-order valence-electron chi connectivity index (χ3n) is 3.61. The number of thioether (sulfide) groups is 1. The van der Waals surface area contributed by atoms with Crippen LogP contribution in [0.15, 0.2) is 0 Å². The standard InChI is InChI=1S/C12H22N2O2S/c1-5-12(6-2)11(16)13-9(3)10(15)14(12)7-8-17-4/h9H,5-8H2,1-4H3,(H,13,16). The summed E-state index contributed by atoms with van der Waals surface area (Å²) >= 11 is 1.70. The van der Waals surface area contributed by atoms with Gasteiger partial charge in [-0.3, -0.25) is 9.59 Å². The van der Waals surface area contributed by atoms with Crippen molar-refractivity contribution in [3.63, 3.8) is 0 Å². The Hall–Kier alpha value is -0.710. The molecule has 1 fully saturated rings. The highest BCUT2D eigenvalue weighted by Gasteiger charge is 2.48. The van der Waals surface area contributed by atoms with Crippen molar-refractivity contribution in [3.05, 3.63) is 0 Å². The van der Waals surface area contributed by atoms with E-state index in [1.54, 1.807) is 23.6 Å². The molecule has 17 heavy (non-hydrogen) atoms. The van der Waals surface area contributed by atoms with Crippen LogP contribution in [0.1, 0.15) is 33.6 Å². The Morgan fingerprint density at radius 2 is 1.94 bits per heavy atom. The molecule has 0 spiro atoms. The molecule has 1 aliphatic rings. The summed E-state index contributed by atoms with van der Waals surface area (Å²) in [6.07, 6.45) is 3.35. The first kappa shape index (κ1) is 14.4. The number of hydrogen-bond donors (Lipinski definition) is 1. The number of carbonyl (C=O) groups excluding carboxylic acids is 2. The topological polar surface area (TPSA) is 49.4 Å². The normalized spacial score (nSPS) is 23.8. The lowest BCUT2D eigenvalue weighted by Crippen LogP contribution is -2.70. The van der Waals surface area contributed by atoms with E-state index in [0.717, 1.165) is 5.75 Å². The smallest absolute Gasteiger partial charge is 0.246 e. The number of nitrogens with one attached hydrogen (secondary N) is 1. The average Bonchev–Trinajstić information content (AvgIpc) is 2.32. The number of amides is 2. The Kier molecular flexibility index (Phi) is 4.86. The molecule has 98 valence electrons. The summed E-state index contributed by atoms with van der Waals surface area (Å²) in [4.78, 5) is 26.2. The predicted molar refractivity (Wildman–Crippen MR) is 71.0 cm³/mol. The van der Waals surface area contributed by atoms with E-state index in [9.17, 15) is 9.59 Å². The first-order chi connectivity index (χ1) is 8.03. The fourth-order valence-corrected chi connectivity index (χ4v) is 2.78. The van der Waals surface area contributed by atoms with E-state index in [1.807, 2.05) is 20.1 Å². The van der Waals surface area contributed by atoms with Gasteiger partial charge in [0.15, 0.2) is 0 Å². The summed E-state index contributed by atoms with van der Waals surface area (Å²) in [5.41, 5.74) is -0.640. The Morgan fingerprint density at radius 3 is 2.41 bits per heavy atom. The highest BCUT2D eigenvalue weighted by molar-refractivity contribution is 7.98. The molecule has 1 rings (SSSR count). The lowest BCUT2D eigenvalue weighted by Gasteiger charge is -2.47. The van der Waals surface area contributed by atoms with Crippen molar-refractivity contribution in [2.75, 3.05) is 18.6 Å². The third-order valence-corrected chi connectivity index (χ3v) is 4.20. The van der Waals surface area contributed by atoms with Crippen LogP contribution in [0.5, 0.6) is 0 Å². The van der Waals surface area contributed by atoms with Gasteiger partial charge in [0.25, 0.3) is 0 Å². The summed E-state index contributed by atoms with van der Waals surface area (Å²) in [5.74, 6) is 0.908. The van der Waals surface area contributed by atoms with Crippen LogP contribution in [0.4, 0.5) is 0 Å². The fourth-order valence-electron chi connectivity index (χ4n) is 2.42. The molecule has 2 amide bonds. The molecule has 1 unspecified atom stereocenters. The number of carbonyl (C=O) groups is 2. The molecular weight excluding hydrogens is 236 g/mol. The summed E-state index contributed by atoms with van der Waals surface area (Å²) in [5, 5.41) is 2.79. The lowest BCUT2D eigenvalue weighted by molar-refractivity contribution is -0.157. The summed E-state index contributed by atoms with van der Waals surface area (Å²) in [6.45, 7) is 6.35. The fraction of sp³-hybridized carbons (Fsp3) is 0.833. The second kappa shape index (κ2) is 5.76. The van der Waals surface area contributed by atoms with Crippen molar-refractivity contribution in [3.8, 4) is 0 Å². The summed E-state index contributed by atoms with van der Waals surface area (Å²) in [6, 6.07) is -0.393. The first-order valence-corrected chi connectivity index (χ1v) is 7.54. The molecule has 1 atom stereocenters. The van der Waals surface area contributed by atoms with Gasteiger partial charge in [-0.05, 0) is 26.0 Å². The highest BCUT2D eigenvalue weighted by Crippen LogP contribution is 2.28. The van der Waals surface area contributed by atoms with Gasteiger partial charge >= 0.3 is 0 Å². The maximum Gasteiger partial charge on any atom is 0.246 e. The van der Waals surface area contributed by atoms with Crippen molar-refractivity contribution < 1.29 is 9.59 Å². The second-order valence-corrected chi connectivity index (χ2v) is 5.40. The number of piperazine rings is 1. The van der Waals surface area contributed by atoms with Crippen LogP contribution in [0, 0.1) is 0 Å². The highest BCUT2D eigenvalue weighted by atomic mass is 32.2. The van der Waals surface area contributed by atoms with Gasteiger partial charge in [0.1, 0.15) is 11.6 Å². The molecule has 1 aliphatic heterocycles. The van der Waals surface area contributed by atoms with Crippen LogP contribution < -0.4 is 5.32 Å². The molecular formula is C12H22N2O2S. The van der Waals surface area contributed by atoms with Crippen LogP contribution in [-0.4, -0.2) is 46.8 Å². The molecule has 0 aliphatic carbocycles. The first-order valence-electron chi connectivity index (χ1n) is 6.14. The quantitative estimate of drug-likeness (QED) is 0.807. The Balaban J connectivity index is 3.02. The van der Waals surface area contributed by atoms with Gasteiger partial charge in [0, 0.05) is 12.3 Å². The molecule has 0 aromatic carbocycles. The molecule has 0 bridgehead atoms. The molecule has 0 radical (unpaired) electrons. The van der Waals surface area contributed by atoms with Gasteiger partial charge < -0.3 is 10.2 Å². The van der Waals surface area contributed by atoms with Crippen LogP contribution in [0.25, 0.3) is 0 Å². The SMILES string of the molecule is CCC1(CC)C(=O)NC(C)C(=O)N1CCSC. The minimum atomic E-state index is -0.640. The maximum atomic E-state index is 12.2. The Labute approximate surface area is 108 Å². The van der Waals surface area contributed by atoms with Gasteiger partial charge in [0.05, 0.1) is 0 Å². The zero-order chi connectivity index (χ0) is 13.1. The zero-order valence-electron chi connectivity index (χ0n) is 11.1. The molecule has 1 heterocycles. The van der Waals surface area contributed by atoms with Gasteiger partial charge in [-0.1, -0.05) is 13.8 Å². The van der Waals surface area contributed by atoms with E-state index in [4.69, 9.17) is 0 Å². The minimum absolute atomic E-state index is 0.00398. The zero-order valence-corrected chi connectivity index (χ0v) is 11.9. The van der Waals surface area contributed by atoms with Crippen molar-refractivity contribution in [1.29, 1.82) is 0 Å². The Bertz CT molecular complexity index is 303. The van der Waals surface area contributed by atoms with E-state index < -0.39 is 11.6 Å². The van der Waals surface area contributed by atoms with Crippen molar-refractivity contribution in [2.45, 2.75) is 45.2 Å². The second-order valence-electron chi connectivity index (χ2n) is 4.42. The molecule has 0 aromatic rings. The van der Waals surface area contributed by atoms with Gasteiger partial charge in [-0.15, -0.1) is 0 Å². The largest absolute Gasteiger partial charge is 0.343 e. The summed E-state index contributed by atoms with van der Waals surface area (Å²) in [7, 11) is 0. The van der Waals surface area contributed by atoms with E-state index >= 15 is 0 Å². The number of rotatable bonds is 5. The molecule has 5 heteroatoms. The third kappa shape index (κ3) is 2.44. The van der Waals surface area contributed by atoms with Crippen LogP contribution >= 0.6 is 11.8 Å². The monoisotopic (exact) mass is 258 g/mol. The molecule has 0 aromatic heterocycles. The van der Waals surface area contributed by atoms with Crippen molar-refractivity contribution >= 4 is 23.6 Å². The van der Waals surface area contributed by atoms with E-state index in [0.29, 0.717) is 19.4 Å². The van der Waals surface area contributed by atoms with E-state index in [1.165, 1.54) is 0 Å². The molecule has 4 nitrogen and oxygen atoms in total. The number of nitrogens with zero attached hydrogens (tertiary/aromatic N) is 1. The van der Waals surface area contributed by atoms with Crippen LogP contribution in [-0.2, 0) is 9.59 Å².